The number of aliphatic hydroxyl groups is 2. The van der Waals surface area contributed by atoms with Gasteiger partial charge in [-0.05, 0) is 64.2 Å². The quantitative estimate of drug-likeness (QED) is 0.0321. The van der Waals surface area contributed by atoms with Crippen LogP contribution in [-0.2, 0) is 14.3 Å². The first kappa shape index (κ1) is 61.3. The number of amides is 1. The van der Waals surface area contributed by atoms with Crippen molar-refractivity contribution in [1.82, 2.24) is 5.32 Å². The lowest BCUT2D eigenvalue weighted by atomic mass is 10.0. The third-order valence-corrected chi connectivity index (χ3v) is 13.0. The minimum absolute atomic E-state index is 0.0202. The summed E-state index contributed by atoms with van der Waals surface area (Å²) < 4.78 is 5.46. The first-order chi connectivity index (χ1) is 31.0. The lowest BCUT2D eigenvalue weighted by molar-refractivity contribution is -0.143. The standard InChI is InChI=1S/C57H109NO5/c1-3-5-7-9-11-13-15-17-19-21-23-25-29-33-37-41-45-49-55(60)54(53-59)58-56(61)50-46-42-38-34-30-27-28-32-36-40-44-48-52-63-57(62)51-47-43-39-35-31-26-24-22-20-18-16-14-12-10-8-6-4-2/h28,32,45,49,54-55,59-60H,3-27,29-31,33-44,46-48,50-53H2,1-2H3,(H,58,61)/b32-28-,49-45+. The van der Waals surface area contributed by atoms with Gasteiger partial charge in [-0.15, -0.1) is 0 Å². The average Bonchev–Trinajstić information content (AvgIpc) is 3.28. The molecule has 6 nitrogen and oxygen atoms in total. The van der Waals surface area contributed by atoms with Crippen molar-refractivity contribution in [3.05, 3.63) is 24.3 Å². The zero-order valence-electron chi connectivity index (χ0n) is 42.3. The number of unbranched alkanes of at least 4 members (excludes halogenated alkanes) is 39. The molecule has 372 valence electrons. The highest BCUT2D eigenvalue weighted by Crippen LogP contribution is 2.17. The van der Waals surface area contributed by atoms with Crippen LogP contribution in [0.1, 0.15) is 303 Å². The van der Waals surface area contributed by atoms with Crippen LogP contribution < -0.4 is 5.32 Å². The Labute approximate surface area is 392 Å². The summed E-state index contributed by atoms with van der Waals surface area (Å²) in [6, 6.07) is -0.646. The molecule has 0 aromatic heterocycles. The molecule has 6 heteroatoms. The molecule has 0 aromatic rings. The van der Waals surface area contributed by atoms with E-state index in [1.165, 1.54) is 199 Å². The predicted molar refractivity (Wildman–Crippen MR) is 273 cm³/mol. The van der Waals surface area contributed by atoms with E-state index < -0.39 is 12.1 Å². The Morgan fingerprint density at radius 2 is 0.746 bits per heavy atom. The van der Waals surface area contributed by atoms with Gasteiger partial charge >= 0.3 is 5.97 Å². The van der Waals surface area contributed by atoms with Crippen molar-refractivity contribution < 1.29 is 24.5 Å². The van der Waals surface area contributed by atoms with Crippen LogP contribution in [0.15, 0.2) is 24.3 Å². The number of allylic oxidation sites excluding steroid dienone is 3. The van der Waals surface area contributed by atoms with Gasteiger partial charge < -0.3 is 20.3 Å². The highest BCUT2D eigenvalue weighted by molar-refractivity contribution is 5.76. The van der Waals surface area contributed by atoms with Gasteiger partial charge in [-0.25, -0.2) is 0 Å². The molecule has 0 fully saturated rings. The van der Waals surface area contributed by atoms with Gasteiger partial charge in [0.2, 0.25) is 5.91 Å². The summed E-state index contributed by atoms with van der Waals surface area (Å²) in [5.41, 5.74) is 0. The predicted octanol–water partition coefficient (Wildman–Crippen LogP) is 17.1. The minimum atomic E-state index is -0.860. The SMILES string of the molecule is CCCCCCCCCCCCCCCCC/C=C/C(O)C(CO)NC(=O)CCCCCCC/C=C\CCCCCOC(=O)CCCCCCCCCCCCCCCCCCC. The normalized spacial score (nSPS) is 12.8. The Hall–Kier alpha value is -1.66. The van der Waals surface area contributed by atoms with E-state index in [2.05, 4.69) is 31.3 Å². The number of carbonyl (C=O) groups is 2. The summed E-state index contributed by atoms with van der Waals surface area (Å²) in [5.74, 6) is -0.112. The van der Waals surface area contributed by atoms with Gasteiger partial charge in [0.25, 0.3) is 0 Å². The van der Waals surface area contributed by atoms with Crippen LogP contribution >= 0.6 is 0 Å². The summed E-state index contributed by atoms with van der Waals surface area (Å²) in [6.07, 6.45) is 63.3. The molecule has 0 bridgehead atoms. The molecule has 1 amide bonds. The average molecular weight is 889 g/mol. The number of esters is 1. The summed E-state index contributed by atoms with van der Waals surface area (Å²) in [6.45, 7) is 4.86. The number of hydrogen-bond acceptors (Lipinski definition) is 5. The largest absolute Gasteiger partial charge is 0.466 e. The van der Waals surface area contributed by atoms with Crippen molar-refractivity contribution in [2.75, 3.05) is 13.2 Å². The lowest BCUT2D eigenvalue weighted by Crippen LogP contribution is -2.45. The van der Waals surface area contributed by atoms with E-state index >= 15 is 0 Å². The molecule has 0 saturated heterocycles. The molecule has 2 unspecified atom stereocenters. The molecule has 2 atom stereocenters. The maximum Gasteiger partial charge on any atom is 0.305 e. The van der Waals surface area contributed by atoms with E-state index in [4.69, 9.17) is 4.74 Å². The van der Waals surface area contributed by atoms with E-state index in [-0.39, 0.29) is 18.5 Å². The highest BCUT2D eigenvalue weighted by Gasteiger charge is 2.18. The number of ether oxygens (including phenoxy) is 1. The molecule has 0 radical (unpaired) electrons. The molecule has 3 N–H and O–H groups in total. The fourth-order valence-corrected chi connectivity index (χ4v) is 8.63. The van der Waals surface area contributed by atoms with Crippen molar-refractivity contribution in [3.8, 4) is 0 Å². The highest BCUT2D eigenvalue weighted by atomic mass is 16.5. The summed E-state index contributed by atoms with van der Waals surface area (Å²) in [4.78, 5) is 24.5. The van der Waals surface area contributed by atoms with Gasteiger partial charge in [0, 0.05) is 12.8 Å². The van der Waals surface area contributed by atoms with Crippen molar-refractivity contribution >= 4 is 11.9 Å². The van der Waals surface area contributed by atoms with Gasteiger partial charge in [-0.3, -0.25) is 9.59 Å². The third kappa shape index (κ3) is 49.6. The van der Waals surface area contributed by atoms with Crippen molar-refractivity contribution in [1.29, 1.82) is 0 Å². The van der Waals surface area contributed by atoms with E-state index in [0.717, 1.165) is 77.0 Å². The maximum atomic E-state index is 12.4. The molecular formula is C57H109NO5. The van der Waals surface area contributed by atoms with Crippen LogP contribution in [0, 0.1) is 0 Å². The van der Waals surface area contributed by atoms with Gasteiger partial charge in [0.05, 0.1) is 25.4 Å². The van der Waals surface area contributed by atoms with E-state index in [1.807, 2.05) is 6.08 Å². The fourth-order valence-electron chi connectivity index (χ4n) is 8.63. The Bertz CT molecular complexity index is 982. The van der Waals surface area contributed by atoms with Gasteiger partial charge in [-0.1, -0.05) is 250 Å². The zero-order valence-corrected chi connectivity index (χ0v) is 42.3. The number of hydrogen-bond donors (Lipinski definition) is 3. The molecular weight excluding hydrogens is 779 g/mol. The molecule has 0 aromatic carbocycles. The molecule has 0 aliphatic heterocycles. The fraction of sp³-hybridized carbons (Fsp3) is 0.895. The summed E-state index contributed by atoms with van der Waals surface area (Å²) >= 11 is 0. The van der Waals surface area contributed by atoms with Gasteiger partial charge in [0.1, 0.15) is 0 Å². The number of rotatable bonds is 52. The van der Waals surface area contributed by atoms with Crippen molar-refractivity contribution in [2.45, 2.75) is 315 Å². The number of nitrogens with one attached hydrogen (secondary N) is 1. The lowest BCUT2D eigenvalue weighted by Gasteiger charge is -2.20. The summed E-state index contributed by atoms with van der Waals surface area (Å²) in [5, 5.41) is 23.1. The molecule has 0 spiro atoms. The van der Waals surface area contributed by atoms with Crippen LogP contribution in [0.4, 0.5) is 0 Å². The molecule has 0 heterocycles. The van der Waals surface area contributed by atoms with Crippen LogP contribution in [-0.4, -0.2) is 47.4 Å². The van der Waals surface area contributed by atoms with E-state index in [0.29, 0.717) is 19.4 Å². The smallest absolute Gasteiger partial charge is 0.305 e. The molecule has 0 aliphatic rings. The van der Waals surface area contributed by atoms with E-state index in [9.17, 15) is 19.8 Å². The second-order valence-corrected chi connectivity index (χ2v) is 19.3. The molecule has 0 saturated carbocycles. The third-order valence-electron chi connectivity index (χ3n) is 13.0. The van der Waals surface area contributed by atoms with Crippen molar-refractivity contribution in [2.24, 2.45) is 0 Å². The van der Waals surface area contributed by atoms with Crippen LogP contribution in [0.3, 0.4) is 0 Å². The maximum absolute atomic E-state index is 12.4. The van der Waals surface area contributed by atoms with Crippen LogP contribution in [0.2, 0.25) is 0 Å². The van der Waals surface area contributed by atoms with Gasteiger partial charge in [-0.2, -0.15) is 0 Å². The van der Waals surface area contributed by atoms with Crippen LogP contribution in [0.25, 0.3) is 0 Å². The zero-order chi connectivity index (χ0) is 45.8. The Kier molecular flexibility index (Phi) is 51.6. The topological polar surface area (TPSA) is 95.9 Å². The number of carbonyl (C=O) groups excluding carboxylic acids is 2. The molecule has 0 aliphatic carbocycles. The minimum Gasteiger partial charge on any atom is -0.466 e. The van der Waals surface area contributed by atoms with E-state index in [1.54, 1.807) is 6.08 Å². The monoisotopic (exact) mass is 888 g/mol. The molecule has 0 rings (SSSR count). The van der Waals surface area contributed by atoms with Gasteiger partial charge in [0.15, 0.2) is 0 Å². The second kappa shape index (κ2) is 53.0. The number of aliphatic hydroxyl groups excluding tert-OH is 2. The molecule has 63 heavy (non-hydrogen) atoms. The Balaban J connectivity index is 3.51. The van der Waals surface area contributed by atoms with Crippen molar-refractivity contribution in [3.63, 3.8) is 0 Å². The second-order valence-electron chi connectivity index (χ2n) is 19.3. The first-order valence-corrected chi connectivity index (χ1v) is 28.1. The summed E-state index contributed by atoms with van der Waals surface area (Å²) in [7, 11) is 0. The first-order valence-electron chi connectivity index (χ1n) is 28.1. The van der Waals surface area contributed by atoms with Crippen LogP contribution in [0.5, 0.6) is 0 Å². The Morgan fingerprint density at radius 1 is 0.429 bits per heavy atom. The Morgan fingerprint density at radius 3 is 1.13 bits per heavy atom.